The van der Waals surface area contributed by atoms with Crippen LogP contribution >= 0.6 is 15.9 Å². The van der Waals surface area contributed by atoms with Gasteiger partial charge in [0.25, 0.3) is 0 Å². The fraction of sp³-hybridized carbons (Fsp3) is 0.571. The number of nitrogens with one attached hydrogen (secondary N) is 1. The van der Waals surface area contributed by atoms with Gasteiger partial charge in [-0.15, -0.1) is 0 Å². The zero-order valence-electron chi connectivity index (χ0n) is 10.4. The molecule has 0 saturated heterocycles. The average Bonchev–Trinajstić information content (AvgIpc) is 2.26. The highest BCUT2D eigenvalue weighted by molar-refractivity contribution is 9.10. The van der Waals surface area contributed by atoms with E-state index in [1.807, 2.05) is 0 Å². The zero-order valence-corrected chi connectivity index (χ0v) is 11.9. The second kappa shape index (κ2) is 7.72. The Kier molecular flexibility index (Phi) is 6.55. The number of anilines is 1. The van der Waals surface area contributed by atoms with E-state index in [2.05, 4.69) is 53.3 Å². The molecule has 0 saturated carbocycles. The van der Waals surface area contributed by atoms with Crippen molar-refractivity contribution in [3.05, 3.63) is 28.2 Å². The molecular weight excluding hydrogens is 262 g/mol. The summed E-state index contributed by atoms with van der Waals surface area (Å²) in [7, 11) is 0. The molecule has 2 heteroatoms. The second-order valence-electron chi connectivity index (χ2n) is 4.32. The Labute approximate surface area is 108 Å². The van der Waals surface area contributed by atoms with Crippen molar-refractivity contribution in [3.63, 3.8) is 0 Å². The number of benzene rings is 1. The molecule has 1 rings (SSSR count). The van der Waals surface area contributed by atoms with E-state index >= 15 is 0 Å². The van der Waals surface area contributed by atoms with Crippen LogP contribution in [0.5, 0.6) is 0 Å². The van der Waals surface area contributed by atoms with Crippen molar-refractivity contribution in [3.8, 4) is 0 Å². The van der Waals surface area contributed by atoms with Crippen molar-refractivity contribution < 1.29 is 0 Å². The van der Waals surface area contributed by atoms with Gasteiger partial charge in [-0.2, -0.15) is 0 Å². The van der Waals surface area contributed by atoms with E-state index in [0.29, 0.717) is 0 Å². The van der Waals surface area contributed by atoms with Gasteiger partial charge in [0.15, 0.2) is 0 Å². The van der Waals surface area contributed by atoms with Crippen LogP contribution < -0.4 is 5.32 Å². The van der Waals surface area contributed by atoms with Crippen LogP contribution in [0.3, 0.4) is 0 Å². The van der Waals surface area contributed by atoms with Crippen LogP contribution in [0.2, 0.25) is 0 Å². The van der Waals surface area contributed by atoms with E-state index in [-0.39, 0.29) is 0 Å². The van der Waals surface area contributed by atoms with Gasteiger partial charge in [0, 0.05) is 16.7 Å². The van der Waals surface area contributed by atoms with Crippen molar-refractivity contribution in [2.45, 2.75) is 46.0 Å². The number of hydrogen-bond acceptors (Lipinski definition) is 1. The van der Waals surface area contributed by atoms with Crippen molar-refractivity contribution in [2.24, 2.45) is 0 Å². The molecule has 1 N–H and O–H groups in total. The average molecular weight is 284 g/mol. The lowest BCUT2D eigenvalue weighted by atomic mass is 10.1. The largest absolute Gasteiger partial charge is 0.384 e. The highest BCUT2D eigenvalue weighted by Gasteiger charge is 1.98. The third-order valence-electron chi connectivity index (χ3n) is 2.72. The molecule has 0 aliphatic rings. The predicted molar refractivity (Wildman–Crippen MR) is 76.1 cm³/mol. The lowest BCUT2D eigenvalue weighted by Crippen LogP contribution is -2.02. The van der Waals surface area contributed by atoms with Gasteiger partial charge in [0.1, 0.15) is 0 Å². The second-order valence-corrected chi connectivity index (χ2v) is 5.18. The first-order valence-corrected chi connectivity index (χ1v) is 7.03. The van der Waals surface area contributed by atoms with Gasteiger partial charge in [0.05, 0.1) is 0 Å². The number of halogens is 1. The molecule has 16 heavy (non-hydrogen) atoms. The molecule has 1 aromatic rings. The molecule has 1 nitrogen and oxygen atoms in total. The van der Waals surface area contributed by atoms with E-state index in [0.717, 1.165) is 6.54 Å². The normalized spacial score (nSPS) is 10.4. The number of aryl methyl sites for hydroxylation is 1. The van der Waals surface area contributed by atoms with Crippen LogP contribution in [-0.4, -0.2) is 6.54 Å². The smallest absolute Gasteiger partial charge is 0.0484 e. The van der Waals surface area contributed by atoms with Gasteiger partial charge in [-0.1, -0.05) is 38.7 Å². The Balaban J connectivity index is 2.21. The minimum absolute atomic E-state index is 1.07. The fourth-order valence-electron chi connectivity index (χ4n) is 1.72. The van der Waals surface area contributed by atoms with E-state index in [1.165, 1.54) is 47.8 Å². The summed E-state index contributed by atoms with van der Waals surface area (Å²) in [5.41, 5.74) is 2.50. The molecule has 0 radical (unpaired) electrons. The Morgan fingerprint density at radius 1 is 1.12 bits per heavy atom. The first kappa shape index (κ1) is 13.6. The van der Waals surface area contributed by atoms with Crippen LogP contribution in [0.15, 0.2) is 22.7 Å². The highest BCUT2D eigenvalue weighted by Crippen LogP contribution is 2.23. The number of rotatable bonds is 7. The van der Waals surface area contributed by atoms with Crippen LogP contribution in [0.4, 0.5) is 5.69 Å². The summed E-state index contributed by atoms with van der Waals surface area (Å²) < 4.78 is 1.17. The van der Waals surface area contributed by atoms with E-state index in [9.17, 15) is 0 Å². The maximum atomic E-state index is 3.58. The summed E-state index contributed by atoms with van der Waals surface area (Å²) in [5, 5.41) is 3.47. The topological polar surface area (TPSA) is 12.0 Å². The first-order chi connectivity index (χ1) is 7.74. The molecule has 1 aromatic carbocycles. The van der Waals surface area contributed by atoms with Gasteiger partial charge in [-0.05, 0) is 47.0 Å². The molecule has 0 bridgehead atoms. The zero-order chi connectivity index (χ0) is 11.8. The molecule has 0 spiro atoms. The third-order valence-corrected chi connectivity index (χ3v) is 3.38. The molecule has 0 atom stereocenters. The monoisotopic (exact) mass is 283 g/mol. The standard InChI is InChI=1S/C14H22BrN/c1-3-4-5-6-7-10-16-14-9-8-12(2)11-13(14)15/h8-9,11,16H,3-7,10H2,1-2H3. The minimum Gasteiger partial charge on any atom is -0.384 e. The van der Waals surface area contributed by atoms with Crippen molar-refractivity contribution in [2.75, 3.05) is 11.9 Å². The molecule has 90 valence electrons. The molecule has 0 heterocycles. The lowest BCUT2D eigenvalue weighted by Gasteiger charge is -2.09. The van der Waals surface area contributed by atoms with Crippen LogP contribution in [0.1, 0.15) is 44.6 Å². The predicted octanol–water partition coefficient (Wildman–Crippen LogP) is 5.14. The Bertz CT molecular complexity index is 310. The van der Waals surface area contributed by atoms with Gasteiger partial charge in [0.2, 0.25) is 0 Å². The van der Waals surface area contributed by atoms with Gasteiger partial charge < -0.3 is 5.32 Å². The fourth-order valence-corrected chi connectivity index (χ4v) is 2.35. The molecule has 0 aromatic heterocycles. The Hall–Kier alpha value is -0.500. The Morgan fingerprint density at radius 3 is 2.56 bits per heavy atom. The van der Waals surface area contributed by atoms with Crippen LogP contribution in [-0.2, 0) is 0 Å². The van der Waals surface area contributed by atoms with Crippen LogP contribution in [0, 0.1) is 6.92 Å². The van der Waals surface area contributed by atoms with Crippen molar-refractivity contribution in [1.82, 2.24) is 0 Å². The Morgan fingerprint density at radius 2 is 1.88 bits per heavy atom. The summed E-state index contributed by atoms with van der Waals surface area (Å²) in [4.78, 5) is 0. The summed E-state index contributed by atoms with van der Waals surface area (Å²) in [6.45, 7) is 5.44. The summed E-state index contributed by atoms with van der Waals surface area (Å²) in [6.07, 6.45) is 6.66. The van der Waals surface area contributed by atoms with Gasteiger partial charge in [-0.25, -0.2) is 0 Å². The molecule has 0 amide bonds. The minimum atomic E-state index is 1.07. The van der Waals surface area contributed by atoms with E-state index in [4.69, 9.17) is 0 Å². The SMILES string of the molecule is CCCCCCCNc1ccc(C)cc1Br. The molecule has 0 unspecified atom stereocenters. The summed E-state index contributed by atoms with van der Waals surface area (Å²) in [5.74, 6) is 0. The van der Waals surface area contributed by atoms with Gasteiger partial charge >= 0.3 is 0 Å². The van der Waals surface area contributed by atoms with Gasteiger partial charge in [-0.3, -0.25) is 0 Å². The van der Waals surface area contributed by atoms with Crippen LogP contribution in [0.25, 0.3) is 0 Å². The first-order valence-electron chi connectivity index (χ1n) is 6.24. The number of hydrogen-bond donors (Lipinski definition) is 1. The molecular formula is C14H22BrN. The maximum absolute atomic E-state index is 3.58. The summed E-state index contributed by atoms with van der Waals surface area (Å²) >= 11 is 3.58. The third kappa shape index (κ3) is 5.02. The molecule has 0 fully saturated rings. The van der Waals surface area contributed by atoms with Crippen molar-refractivity contribution >= 4 is 21.6 Å². The molecule has 0 aliphatic heterocycles. The summed E-state index contributed by atoms with van der Waals surface area (Å²) in [6, 6.07) is 6.44. The quantitative estimate of drug-likeness (QED) is 0.683. The number of unbranched alkanes of at least 4 members (excludes halogenated alkanes) is 4. The lowest BCUT2D eigenvalue weighted by molar-refractivity contribution is 0.645. The highest BCUT2D eigenvalue weighted by atomic mass is 79.9. The maximum Gasteiger partial charge on any atom is 0.0484 e. The molecule has 0 aliphatic carbocycles. The van der Waals surface area contributed by atoms with E-state index < -0.39 is 0 Å². The van der Waals surface area contributed by atoms with Crippen molar-refractivity contribution in [1.29, 1.82) is 0 Å². The van der Waals surface area contributed by atoms with E-state index in [1.54, 1.807) is 0 Å².